The van der Waals surface area contributed by atoms with Gasteiger partial charge in [-0.15, -0.1) is 5.10 Å². The van der Waals surface area contributed by atoms with Gasteiger partial charge in [0.2, 0.25) is 10.0 Å². The standard InChI is InChI=1S/C18H17ClN4O5S/c1-29(27,28)23(13-8-6-12(19)7-9-13)16(18(25)26)10-11-22-17(24)14-4-2-3-5-15(14)20-21-22/h2-9,16H,10-11H2,1H3,(H,25,26). The topological polar surface area (TPSA) is 122 Å². The zero-order chi connectivity index (χ0) is 21.2. The zero-order valence-corrected chi connectivity index (χ0v) is 16.8. The lowest BCUT2D eigenvalue weighted by Gasteiger charge is -2.28. The highest BCUT2D eigenvalue weighted by atomic mass is 35.5. The van der Waals surface area contributed by atoms with E-state index in [1.807, 2.05) is 0 Å². The summed E-state index contributed by atoms with van der Waals surface area (Å²) >= 11 is 5.84. The molecule has 0 bridgehead atoms. The molecule has 0 saturated carbocycles. The van der Waals surface area contributed by atoms with Crippen LogP contribution in [-0.4, -0.2) is 46.8 Å². The van der Waals surface area contributed by atoms with Crippen molar-refractivity contribution in [1.82, 2.24) is 15.0 Å². The van der Waals surface area contributed by atoms with Crippen LogP contribution in [-0.2, 0) is 21.4 Å². The van der Waals surface area contributed by atoms with E-state index in [0.29, 0.717) is 15.9 Å². The number of halogens is 1. The zero-order valence-electron chi connectivity index (χ0n) is 15.3. The number of sulfonamides is 1. The maximum Gasteiger partial charge on any atom is 0.327 e. The van der Waals surface area contributed by atoms with Crippen molar-refractivity contribution in [3.8, 4) is 0 Å². The van der Waals surface area contributed by atoms with Crippen molar-refractivity contribution in [3.63, 3.8) is 0 Å². The summed E-state index contributed by atoms with van der Waals surface area (Å²) in [5.41, 5.74) is 0.140. The summed E-state index contributed by atoms with van der Waals surface area (Å²) in [6.07, 6.45) is 0.720. The Bertz CT molecular complexity index is 1210. The third-order valence-electron chi connectivity index (χ3n) is 4.25. The molecule has 11 heteroatoms. The molecule has 1 aromatic heterocycles. The number of hydrogen-bond donors (Lipinski definition) is 1. The van der Waals surface area contributed by atoms with Crippen LogP contribution in [0.2, 0.25) is 5.02 Å². The molecular weight excluding hydrogens is 420 g/mol. The third-order valence-corrected chi connectivity index (χ3v) is 5.68. The molecule has 0 aliphatic carbocycles. The van der Waals surface area contributed by atoms with Gasteiger partial charge < -0.3 is 5.11 Å². The van der Waals surface area contributed by atoms with Crippen LogP contribution in [0.4, 0.5) is 5.69 Å². The molecule has 0 amide bonds. The predicted molar refractivity (Wildman–Crippen MR) is 109 cm³/mol. The number of fused-ring (bicyclic) bond motifs is 1. The van der Waals surface area contributed by atoms with E-state index in [0.717, 1.165) is 15.2 Å². The van der Waals surface area contributed by atoms with Gasteiger partial charge >= 0.3 is 5.97 Å². The highest BCUT2D eigenvalue weighted by Crippen LogP contribution is 2.24. The van der Waals surface area contributed by atoms with Crippen LogP contribution in [0.5, 0.6) is 0 Å². The molecule has 0 spiro atoms. The SMILES string of the molecule is CS(=O)(=O)N(c1ccc(Cl)cc1)C(CCn1nnc2ccccc2c1=O)C(=O)O. The number of rotatable bonds is 7. The Labute approximate surface area is 171 Å². The Morgan fingerprint density at radius 3 is 2.48 bits per heavy atom. The molecular formula is C18H17ClN4O5S. The number of aromatic nitrogens is 3. The van der Waals surface area contributed by atoms with Crippen LogP contribution >= 0.6 is 11.6 Å². The normalized spacial score (nSPS) is 12.6. The van der Waals surface area contributed by atoms with Crippen molar-refractivity contribution >= 4 is 44.2 Å². The van der Waals surface area contributed by atoms with E-state index in [2.05, 4.69) is 10.3 Å². The smallest absolute Gasteiger partial charge is 0.327 e. The largest absolute Gasteiger partial charge is 0.480 e. The molecule has 0 aliphatic heterocycles. The fourth-order valence-corrected chi connectivity index (χ4v) is 4.23. The molecule has 0 radical (unpaired) electrons. The summed E-state index contributed by atoms with van der Waals surface area (Å²) in [5, 5.41) is 18.2. The van der Waals surface area contributed by atoms with E-state index in [1.54, 1.807) is 24.3 Å². The number of hydrogen-bond acceptors (Lipinski definition) is 6. The Hall–Kier alpha value is -2.98. The molecule has 1 atom stereocenters. The number of benzene rings is 2. The number of aliphatic carboxylic acids is 1. The second kappa shape index (κ2) is 8.18. The van der Waals surface area contributed by atoms with Crippen LogP contribution in [0.15, 0.2) is 53.3 Å². The minimum Gasteiger partial charge on any atom is -0.480 e. The van der Waals surface area contributed by atoms with E-state index < -0.39 is 27.6 Å². The molecule has 3 aromatic rings. The number of aryl methyl sites for hydroxylation is 1. The van der Waals surface area contributed by atoms with Gasteiger partial charge in [-0.3, -0.25) is 9.10 Å². The van der Waals surface area contributed by atoms with E-state index in [1.165, 1.54) is 24.3 Å². The molecule has 0 aliphatic rings. The Balaban J connectivity index is 1.95. The molecule has 9 nitrogen and oxygen atoms in total. The van der Waals surface area contributed by atoms with Gasteiger partial charge in [0.05, 0.1) is 17.3 Å². The first-order valence-corrected chi connectivity index (χ1v) is 10.7. The van der Waals surface area contributed by atoms with Gasteiger partial charge in [-0.25, -0.2) is 17.9 Å². The summed E-state index contributed by atoms with van der Waals surface area (Å²) in [6.45, 7) is -0.132. The maximum atomic E-state index is 12.6. The Morgan fingerprint density at radius 1 is 1.21 bits per heavy atom. The van der Waals surface area contributed by atoms with Gasteiger partial charge in [0.15, 0.2) is 0 Å². The lowest BCUT2D eigenvalue weighted by molar-refractivity contribution is -0.138. The van der Waals surface area contributed by atoms with Crippen molar-refractivity contribution in [1.29, 1.82) is 0 Å². The molecule has 3 rings (SSSR count). The van der Waals surface area contributed by atoms with Crippen molar-refractivity contribution in [2.75, 3.05) is 10.6 Å². The molecule has 2 aromatic carbocycles. The average Bonchev–Trinajstić information content (AvgIpc) is 2.66. The lowest BCUT2D eigenvalue weighted by atomic mass is 10.2. The van der Waals surface area contributed by atoms with Gasteiger partial charge in [-0.2, -0.15) is 0 Å². The number of anilines is 1. The quantitative estimate of drug-likeness (QED) is 0.598. The fraction of sp³-hybridized carbons (Fsp3) is 0.222. The van der Waals surface area contributed by atoms with Gasteiger partial charge in [0, 0.05) is 11.6 Å². The highest BCUT2D eigenvalue weighted by Gasteiger charge is 2.32. The molecule has 0 saturated heterocycles. The van der Waals surface area contributed by atoms with Crippen LogP contribution in [0, 0.1) is 0 Å². The van der Waals surface area contributed by atoms with Crippen LogP contribution in [0.1, 0.15) is 6.42 Å². The minimum atomic E-state index is -3.94. The highest BCUT2D eigenvalue weighted by molar-refractivity contribution is 7.92. The fourth-order valence-electron chi connectivity index (χ4n) is 2.95. The first-order chi connectivity index (χ1) is 13.7. The van der Waals surface area contributed by atoms with Crippen molar-refractivity contribution < 1.29 is 18.3 Å². The number of carboxylic acid groups (broad SMARTS) is 1. The third kappa shape index (κ3) is 4.54. The second-order valence-electron chi connectivity index (χ2n) is 6.31. The van der Waals surface area contributed by atoms with E-state index in [-0.39, 0.29) is 18.7 Å². The molecule has 152 valence electrons. The van der Waals surface area contributed by atoms with E-state index >= 15 is 0 Å². The molecule has 29 heavy (non-hydrogen) atoms. The second-order valence-corrected chi connectivity index (χ2v) is 8.61. The summed E-state index contributed by atoms with van der Waals surface area (Å²) in [7, 11) is -3.94. The average molecular weight is 437 g/mol. The first kappa shape index (κ1) is 20.7. The summed E-state index contributed by atoms with van der Waals surface area (Å²) in [5.74, 6) is -1.35. The van der Waals surface area contributed by atoms with Crippen molar-refractivity contribution in [3.05, 3.63) is 63.9 Å². The number of nitrogens with zero attached hydrogens (tertiary/aromatic N) is 4. The molecule has 1 N–H and O–H groups in total. The van der Waals surface area contributed by atoms with Crippen molar-refractivity contribution in [2.24, 2.45) is 0 Å². The summed E-state index contributed by atoms with van der Waals surface area (Å²) in [6, 6.07) is 10.9. The van der Waals surface area contributed by atoms with Gasteiger partial charge in [-0.05, 0) is 42.8 Å². The number of carbonyl (C=O) groups is 1. The Kier molecular flexibility index (Phi) is 5.85. The predicted octanol–water partition coefficient (Wildman–Crippen LogP) is 1.75. The van der Waals surface area contributed by atoms with Gasteiger partial charge in [0.25, 0.3) is 5.56 Å². The van der Waals surface area contributed by atoms with Crippen molar-refractivity contribution in [2.45, 2.75) is 19.0 Å². The first-order valence-electron chi connectivity index (χ1n) is 8.49. The van der Waals surface area contributed by atoms with E-state index in [9.17, 15) is 23.1 Å². The molecule has 0 fully saturated rings. The Morgan fingerprint density at radius 2 is 1.86 bits per heavy atom. The van der Waals surface area contributed by atoms with Crippen LogP contribution in [0.3, 0.4) is 0 Å². The minimum absolute atomic E-state index is 0.132. The van der Waals surface area contributed by atoms with Gasteiger partial charge in [0.1, 0.15) is 11.6 Å². The molecule has 1 unspecified atom stereocenters. The van der Waals surface area contributed by atoms with E-state index in [4.69, 9.17) is 11.6 Å². The van der Waals surface area contributed by atoms with Crippen LogP contribution in [0.25, 0.3) is 10.9 Å². The summed E-state index contributed by atoms with van der Waals surface area (Å²) < 4.78 is 26.5. The van der Waals surface area contributed by atoms with Crippen LogP contribution < -0.4 is 9.86 Å². The lowest BCUT2D eigenvalue weighted by Crippen LogP contribution is -2.46. The monoisotopic (exact) mass is 436 g/mol. The maximum absolute atomic E-state index is 12.6. The summed E-state index contributed by atoms with van der Waals surface area (Å²) in [4.78, 5) is 24.4. The van der Waals surface area contributed by atoms with Gasteiger partial charge in [-0.1, -0.05) is 28.9 Å². The molecule has 1 heterocycles. The number of carboxylic acids is 1.